The summed E-state index contributed by atoms with van der Waals surface area (Å²) in [5, 5.41) is 0. The van der Waals surface area contributed by atoms with E-state index in [4.69, 9.17) is 9.97 Å². The molecule has 0 bridgehead atoms. The van der Waals surface area contributed by atoms with Gasteiger partial charge in [-0.15, -0.1) is 0 Å². The van der Waals surface area contributed by atoms with E-state index >= 15 is 0 Å². The fraction of sp³-hybridized carbons (Fsp3) is 0. The average Bonchev–Trinajstić information content (AvgIpc) is 2.98. The highest BCUT2D eigenvalue weighted by molar-refractivity contribution is 5.76. The van der Waals surface area contributed by atoms with Crippen molar-refractivity contribution in [1.29, 1.82) is 0 Å². The second-order valence-electron chi connectivity index (χ2n) is 8.59. The predicted octanol–water partition coefficient (Wildman–Crippen LogP) is 8.21. The van der Waals surface area contributed by atoms with Crippen LogP contribution in [-0.4, -0.2) is 15.0 Å². The van der Waals surface area contributed by atoms with E-state index in [2.05, 4.69) is 77.8 Å². The van der Waals surface area contributed by atoms with Crippen LogP contribution in [0.4, 0.5) is 0 Å². The molecule has 0 N–H and O–H groups in total. The van der Waals surface area contributed by atoms with Crippen LogP contribution in [0.5, 0.6) is 0 Å². The SMILES string of the molecule is c1ccc(-c2cc(-c3ccc(-c4cccc(-c5cccnc5)c4)cc3)nc(-c3ccccc3)n2)cc1. The van der Waals surface area contributed by atoms with Crippen molar-refractivity contribution < 1.29 is 0 Å². The summed E-state index contributed by atoms with van der Waals surface area (Å²) in [5.41, 5.74) is 9.53. The van der Waals surface area contributed by atoms with Crippen molar-refractivity contribution in [2.45, 2.75) is 0 Å². The Hall–Kier alpha value is -4.89. The van der Waals surface area contributed by atoms with Crippen molar-refractivity contribution in [3.8, 4) is 56.2 Å². The minimum Gasteiger partial charge on any atom is -0.264 e. The molecule has 6 rings (SSSR count). The monoisotopic (exact) mass is 461 g/mol. The van der Waals surface area contributed by atoms with Crippen LogP contribution >= 0.6 is 0 Å². The predicted molar refractivity (Wildman–Crippen MR) is 147 cm³/mol. The Balaban J connectivity index is 1.38. The van der Waals surface area contributed by atoms with Crippen LogP contribution < -0.4 is 0 Å². The lowest BCUT2D eigenvalue weighted by molar-refractivity contribution is 1.18. The molecule has 0 aliphatic carbocycles. The number of benzene rings is 4. The van der Waals surface area contributed by atoms with Crippen molar-refractivity contribution >= 4 is 0 Å². The molecule has 0 saturated heterocycles. The molecule has 0 saturated carbocycles. The van der Waals surface area contributed by atoms with Crippen LogP contribution in [0, 0.1) is 0 Å². The molecular weight excluding hydrogens is 438 g/mol. The van der Waals surface area contributed by atoms with Gasteiger partial charge in [-0.2, -0.15) is 0 Å². The first-order valence-corrected chi connectivity index (χ1v) is 11.9. The Kier molecular flexibility index (Phi) is 5.87. The van der Waals surface area contributed by atoms with Gasteiger partial charge in [0.05, 0.1) is 11.4 Å². The van der Waals surface area contributed by atoms with E-state index in [1.807, 2.05) is 60.8 Å². The maximum atomic E-state index is 4.94. The van der Waals surface area contributed by atoms with Gasteiger partial charge in [-0.3, -0.25) is 4.98 Å². The second-order valence-corrected chi connectivity index (χ2v) is 8.59. The maximum absolute atomic E-state index is 4.94. The molecule has 4 aromatic carbocycles. The molecule has 0 radical (unpaired) electrons. The van der Waals surface area contributed by atoms with Gasteiger partial charge in [0, 0.05) is 34.6 Å². The zero-order chi connectivity index (χ0) is 24.2. The van der Waals surface area contributed by atoms with E-state index in [0.717, 1.165) is 50.6 Å². The Labute approximate surface area is 210 Å². The van der Waals surface area contributed by atoms with Crippen LogP contribution in [0.2, 0.25) is 0 Å². The molecule has 0 atom stereocenters. The summed E-state index contributed by atoms with van der Waals surface area (Å²) in [6.45, 7) is 0. The Morgan fingerprint density at radius 2 is 0.889 bits per heavy atom. The zero-order valence-corrected chi connectivity index (χ0v) is 19.6. The smallest absolute Gasteiger partial charge is 0.160 e. The van der Waals surface area contributed by atoms with Gasteiger partial charge in [0.2, 0.25) is 0 Å². The Bertz CT molecular complexity index is 1540. The van der Waals surface area contributed by atoms with E-state index in [9.17, 15) is 0 Å². The van der Waals surface area contributed by atoms with Crippen LogP contribution in [0.1, 0.15) is 0 Å². The first-order chi connectivity index (χ1) is 17.8. The van der Waals surface area contributed by atoms with Gasteiger partial charge in [-0.1, -0.05) is 109 Å². The highest BCUT2D eigenvalue weighted by Gasteiger charge is 2.11. The third kappa shape index (κ3) is 4.55. The van der Waals surface area contributed by atoms with E-state index < -0.39 is 0 Å². The van der Waals surface area contributed by atoms with E-state index in [0.29, 0.717) is 0 Å². The van der Waals surface area contributed by atoms with Crippen LogP contribution in [-0.2, 0) is 0 Å². The number of rotatable bonds is 5. The van der Waals surface area contributed by atoms with Crippen LogP contribution in [0.3, 0.4) is 0 Å². The second kappa shape index (κ2) is 9.77. The third-order valence-corrected chi connectivity index (χ3v) is 6.20. The van der Waals surface area contributed by atoms with Crippen molar-refractivity contribution in [2.24, 2.45) is 0 Å². The maximum Gasteiger partial charge on any atom is 0.160 e. The summed E-state index contributed by atoms with van der Waals surface area (Å²) in [4.78, 5) is 14.1. The van der Waals surface area contributed by atoms with E-state index in [1.54, 1.807) is 6.20 Å². The van der Waals surface area contributed by atoms with Gasteiger partial charge in [0.1, 0.15) is 0 Å². The van der Waals surface area contributed by atoms with Gasteiger partial charge in [-0.05, 0) is 34.9 Å². The summed E-state index contributed by atoms with van der Waals surface area (Å²) in [5.74, 6) is 0.722. The van der Waals surface area contributed by atoms with Crippen molar-refractivity contribution in [2.75, 3.05) is 0 Å². The minimum atomic E-state index is 0.722. The fourth-order valence-electron chi connectivity index (χ4n) is 4.31. The highest BCUT2D eigenvalue weighted by Crippen LogP contribution is 2.30. The number of hydrogen-bond acceptors (Lipinski definition) is 3. The molecule has 2 aromatic heterocycles. The first-order valence-electron chi connectivity index (χ1n) is 11.9. The molecule has 0 fully saturated rings. The summed E-state index contributed by atoms with van der Waals surface area (Å²) in [6, 6.07) is 43.6. The quantitative estimate of drug-likeness (QED) is 0.260. The number of nitrogens with zero attached hydrogens (tertiary/aromatic N) is 3. The number of pyridine rings is 1. The zero-order valence-electron chi connectivity index (χ0n) is 19.6. The molecule has 2 heterocycles. The molecule has 3 nitrogen and oxygen atoms in total. The van der Waals surface area contributed by atoms with Crippen LogP contribution in [0.15, 0.2) is 140 Å². The molecule has 0 spiro atoms. The molecule has 0 amide bonds. The lowest BCUT2D eigenvalue weighted by atomic mass is 9.98. The normalized spacial score (nSPS) is 10.8. The molecule has 170 valence electrons. The van der Waals surface area contributed by atoms with Crippen LogP contribution in [0.25, 0.3) is 56.2 Å². The minimum absolute atomic E-state index is 0.722. The van der Waals surface area contributed by atoms with Crippen molar-refractivity contribution in [3.63, 3.8) is 0 Å². The highest BCUT2D eigenvalue weighted by atomic mass is 14.9. The first kappa shape index (κ1) is 21.6. The van der Waals surface area contributed by atoms with Crippen molar-refractivity contribution in [1.82, 2.24) is 15.0 Å². The lowest BCUT2D eigenvalue weighted by Gasteiger charge is -2.10. The number of hydrogen-bond donors (Lipinski definition) is 0. The summed E-state index contributed by atoms with van der Waals surface area (Å²) in [6.07, 6.45) is 3.69. The van der Waals surface area contributed by atoms with Crippen molar-refractivity contribution in [3.05, 3.63) is 140 Å². The molecule has 0 unspecified atom stereocenters. The largest absolute Gasteiger partial charge is 0.264 e. The van der Waals surface area contributed by atoms with Gasteiger partial charge < -0.3 is 0 Å². The van der Waals surface area contributed by atoms with Gasteiger partial charge in [0.15, 0.2) is 5.82 Å². The van der Waals surface area contributed by atoms with E-state index in [1.165, 1.54) is 5.56 Å². The molecular formula is C33H23N3. The Morgan fingerprint density at radius 3 is 1.53 bits per heavy atom. The van der Waals surface area contributed by atoms with Gasteiger partial charge >= 0.3 is 0 Å². The molecule has 0 aliphatic rings. The molecule has 36 heavy (non-hydrogen) atoms. The summed E-state index contributed by atoms with van der Waals surface area (Å²) < 4.78 is 0. The molecule has 3 heteroatoms. The standard InChI is InChI=1S/C33H23N3/c1-3-9-25(10-4-1)31-22-32(36-33(35-31)27-11-5-2-6-12-27)26-18-16-24(17-19-26)28-13-7-14-29(21-28)30-15-8-20-34-23-30/h1-23H. The van der Waals surface area contributed by atoms with E-state index in [-0.39, 0.29) is 0 Å². The van der Waals surface area contributed by atoms with Gasteiger partial charge in [-0.25, -0.2) is 9.97 Å². The Morgan fingerprint density at radius 1 is 0.361 bits per heavy atom. The summed E-state index contributed by atoms with van der Waals surface area (Å²) >= 11 is 0. The topological polar surface area (TPSA) is 38.7 Å². The number of aromatic nitrogens is 3. The fourth-order valence-corrected chi connectivity index (χ4v) is 4.31. The van der Waals surface area contributed by atoms with Gasteiger partial charge in [0.25, 0.3) is 0 Å². The summed E-state index contributed by atoms with van der Waals surface area (Å²) in [7, 11) is 0. The molecule has 0 aliphatic heterocycles. The third-order valence-electron chi connectivity index (χ3n) is 6.20. The average molecular weight is 462 g/mol. The molecule has 6 aromatic rings. The lowest BCUT2D eigenvalue weighted by Crippen LogP contribution is -1.95.